The molecule has 1 aliphatic rings. The van der Waals surface area contributed by atoms with Gasteiger partial charge in [-0.1, -0.05) is 63.2 Å². The molecule has 1 fully saturated rings. The highest BCUT2D eigenvalue weighted by atomic mass is 32.2. The van der Waals surface area contributed by atoms with Crippen LogP contribution in [0.25, 0.3) is 0 Å². The third-order valence-electron chi connectivity index (χ3n) is 5.78. The maximum absolute atomic E-state index is 12.6. The first-order valence-corrected chi connectivity index (χ1v) is 12.1. The van der Waals surface area contributed by atoms with Gasteiger partial charge in [0.2, 0.25) is 11.8 Å². The van der Waals surface area contributed by atoms with Crippen molar-refractivity contribution < 1.29 is 9.59 Å². The number of amides is 2. The lowest BCUT2D eigenvalue weighted by molar-refractivity contribution is -0.129. The number of carbonyl (C=O) groups excluding carboxylic acids is 2. The molecule has 2 amide bonds. The zero-order valence-corrected chi connectivity index (χ0v) is 19.7. The molecule has 0 radical (unpaired) electrons. The van der Waals surface area contributed by atoms with Gasteiger partial charge in [0.05, 0.1) is 5.75 Å². The molecule has 0 aliphatic carbocycles. The minimum Gasteiger partial charge on any atom is -0.353 e. The lowest BCUT2D eigenvalue weighted by Crippen LogP contribution is -2.47. The SMILES string of the molecule is CC(C)(C)c1ccc(SCC(=O)N2CCC(NC(=O)CCc3ccccc3)CC2)cc1. The van der Waals surface area contributed by atoms with E-state index in [0.717, 1.165) is 24.2 Å². The van der Waals surface area contributed by atoms with Crippen molar-refractivity contribution in [2.75, 3.05) is 18.8 Å². The van der Waals surface area contributed by atoms with Crippen molar-refractivity contribution in [2.24, 2.45) is 0 Å². The average Bonchev–Trinajstić information content (AvgIpc) is 2.77. The molecule has 0 unspecified atom stereocenters. The molecule has 4 nitrogen and oxygen atoms in total. The van der Waals surface area contributed by atoms with E-state index < -0.39 is 0 Å². The molecule has 0 aromatic heterocycles. The zero-order chi connectivity index (χ0) is 22.3. The zero-order valence-electron chi connectivity index (χ0n) is 18.9. The second-order valence-electron chi connectivity index (χ2n) is 9.27. The molecule has 1 saturated heterocycles. The van der Waals surface area contributed by atoms with Gasteiger partial charge in [-0.15, -0.1) is 11.8 Å². The van der Waals surface area contributed by atoms with E-state index in [0.29, 0.717) is 25.3 Å². The second-order valence-corrected chi connectivity index (χ2v) is 10.3. The third-order valence-corrected chi connectivity index (χ3v) is 6.78. The minimum atomic E-state index is 0.0999. The summed E-state index contributed by atoms with van der Waals surface area (Å²) in [4.78, 5) is 27.9. The Bertz CT molecular complexity index is 851. The Hall–Kier alpha value is -2.27. The minimum absolute atomic E-state index is 0.0999. The first-order chi connectivity index (χ1) is 14.8. The summed E-state index contributed by atoms with van der Waals surface area (Å²) in [6.45, 7) is 8.04. The summed E-state index contributed by atoms with van der Waals surface area (Å²) in [7, 11) is 0. The van der Waals surface area contributed by atoms with Crippen LogP contribution in [0, 0.1) is 0 Å². The van der Waals surface area contributed by atoms with Gasteiger partial charge in [-0.2, -0.15) is 0 Å². The molecule has 3 rings (SSSR count). The molecular formula is C26H34N2O2S. The van der Waals surface area contributed by atoms with Crippen molar-refractivity contribution in [2.45, 2.75) is 62.8 Å². The van der Waals surface area contributed by atoms with Crippen LogP contribution in [0.5, 0.6) is 0 Å². The van der Waals surface area contributed by atoms with Crippen LogP contribution in [0.1, 0.15) is 51.2 Å². The monoisotopic (exact) mass is 438 g/mol. The molecule has 1 aliphatic heterocycles. The standard InChI is InChI=1S/C26H34N2O2S/c1-26(2,3)21-10-12-23(13-11-21)31-19-25(30)28-17-15-22(16-18-28)27-24(29)14-9-20-7-5-4-6-8-20/h4-8,10-13,22H,9,14-19H2,1-3H3,(H,27,29). The molecular weight excluding hydrogens is 404 g/mol. The number of aryl methyl sites for hydroxylation is 1. The number of likely N-dealkylation sites (tertiary alicyclic amines) is 1. The van der Waals surface area contributed by atoms with Crippen molar-refractivity contribution in [3.05, 3.63) is 65.7 Å². The molecule has 1 heterocycles. The van der Waals surface area contributed by atoms with Crippen molar-refractivity contribution in [1.82, 2.24) is 10.2 Å². The highest BCUT2D eigenvalue weighted by Gasteiger charge is 2.23. The van der Waals surface area contributed by atoms with E-state index in [2.05, 4.69) is 50.4 Å². The van der Waals surface area contributed by atoms with E-state index in [1.54, 1.807) is 11.8 Å². The fraction of sp³-hybridized carbons (Fsp3) is 0.462. The van der Waals surface area contributed by atoms with E-state index in [9.17, 15) is 9.59 Å². The first-order valence-electron chi connectivity index (χ1n) is 11.2. The number of benzene rings is 2. The molecule has 2 aromatic rings. The molecule has 1 N–H and O–H groups in total. The number of nitrogens with zero attached hydrogens (tertiary/aromatic N) is 1. The van der Waals surface area contributed by atoms with Crippen LogP contribution in [-0.2, 0) is 21.4 Å². The van der Waals surface area contributed by atoms with E-state index in [4.69, 9.17) is 0 Å². The van der Waals surface area contributed by atoms with Crippen molar-refractivity contribution in [3.63, 3.8) is 0 Å². The number of piperidine rings is 1. The largest absolute Gasteiger partial charge is 0.353 e. The normalized spacial score (nSPS) is 15.0. The van der Waals surface area contributed by atoms with Gasteiger partial charge in [-0.25, -0.2) is 0 Å². The van der Waals surface area contributed by atoms with E-state index in [-0.39, 0.29) is 23.3 Å². The molecule has 31 heavy (non-hydrogen) atoms. The Labute approximate surface area is 190 Å². The van der Waals surface area contributed by atoms with Crippen LogP contribution >= 0.6 is 11.8 Å². The molecule has 0 spiro atoms. The van der Waals surface area contributed by atoms with Gasteiger partial charge in [0.25, 0.3) is 0 Å². The smallest absolute Gasteiger partial charge is 0.232 e. The van der Waals surface area contributed by atoms with Crippen LogP contribution in [0.2, 0.25) is 0 Å². The second kappa shape index (κ2) is 10.9. The van der Waals surface area contributed by atoms with Crippen LogP contribution in [0.3, 0.4) is 0 Å². The van der Waals surface area contributed by atoms with Gasteiger partial charge in [-0.05, 0) is 47.9 Å². The number of thioether (sulfide) groups is 1. The van der Waals surface area contributed by atoms with Crippen LogP contribution < -0.4 is 5.32 Å². The van der Waals surface area contributed by atoms with Gasteiger partial charge in [-0.3, -0.25) is 9.59 Å². The van der Waals surface area contributed by atoms with Gasteiger partial charge < -0.3 is 10.2 Å². The Morgan fingerprint density at radius 3 is 2.26 bits per heavy atom. The summed E-state index contributed by atoms with van der Waals surface area (Å²) in [5.74, 6) is 0.741. The predicted molar refractivity (Wildman–Crippen MR) is 128 cm³/mol. The number of nitrogens with one attached hydrogen (secondary N) is 1. The maximum atomic E-state index is 12.6. The van der Waals surface area contributed by atoms with Gasteiger partial charge in [0.1, 0.15) is 0 Å². The van der Waals surface area contributed by atoms with Gasteiger partial charge >= 0.3 is 0 Å². The molecule has 166 valence electrons. The number of hydrogen-bond donors (Lipinski definition) is 1. The summed E-state index contributed by atoms with van der Waals surface area (Å²) in [5.41, 5.74) is 2.63. The molecule has 0 saturated carbocycles. The summed E-state index contributed by atoms with van der Waals surface area (Å²) in [6.07, 6.45) is 2.92. The van der Waals surface area contributed by atoms with Crippen LogP contribution in [-0.4, -0.2) is 41.6 Å². The Balaban J connectivity index is 1.36. The Kier molecular flexibility index (Phi) is 8.19. The predicted octanol–water partition coefficient (Wildman–Crippen LogP) is 4.82. The quantitative estimate of drug-likeness (QED) is 0.631. The summed E-state index contributed by atoms with van der Waals surface area (Å²) in [5, 5.41) is 3.14. The molecule has 0 bridgehead atoms. The first kappa shape index (κ1) is 23.4. The lowest BCUT2D eigenvalue weighted by atomic mass is 9.87. The van der Waals surface area contributed by atoms with E-state index >= 15 is 0 Å². The summed E-state index contributed by atoms with van der Waals surface area (Å²) >= 11 is 1.60. The average molecular weight is 439 g/mol. The molecule has 0 atom stereocenters. The van der Waals surface area contributed by atoms with Gasteiger partial charge in [0, 0.05) is 30.4 Å². The highest BCUT2D eigenvalue weighted by Crippen LogP contribution is 2.26. The number of rotatable bonds is 7. The van der Waals surface area contributed by atoms with Gasteiger partial charge in [0.15, 0.2) is 0 Å². The fourth-order valence-corrected chi connectivity index (χ4v) is 4.56. The third kappa shape index (κ3) is 7.42. The van der Waals surface area contributed by atoms with Crippen molar-refractivity contribution in [3.8, 4) is 0 Å². The summed E-state index contributed by atoms with van der Waals surface area (Å²) < 4.78 is 0. The molecule has 2 aromatic carbocycles. The number of hydrogen-bond acceptors (Lipinski definition) is 3. The fourth-order valence-electron chi connectivity index (χ4n) is 3.76. The van der Waals surface area contributed by atoms with Crippen LogP contribution in [0.4, 0.5) is 0 Å². The van der Waals surface area contributed by atoms with Crippen LogP contribution in [0.15, 0.2) is 59.5 Å². The molecule has 5 heteroatoms. The Morgan fingerprint density at radius 2 is 1.65 bits per heavy atom. The lowest BCUT2D eigenvalue weighted by Gasteiger charge is -2.32. The van der Waals surface area contributed by atoms with Crippen molar-refractivity contribution >= 4 is 23.6 Å². The highest BCUT2D eigenvalue weighted by molar-refractivity contribution is 8.00. The number of carbonyl (C=O) groups is 2. The van der Waals surface area contributed by atoms with Crippen molar-refractivity contribution in [1.29, 1.82) is 0 Å². The van der Waals surface area contributed by atoms with E-state index in [1.807, 2.05) is 35.2 Å². The topological polar surface area (TPSA) is 49.4 Å². The summed E-state index contributed by atoms with van der Waals surface area (Å²) in [6, 6.07) is 18.8. The maximum Gasteiger partial charge on any atom is 0.232 e. The Morgan fingerprint density at radius 1 is 1.00 bits per heavy atom. The van der Waals surface area contributed by atoms with E-state index in [1.165, 1.54) is 11.1 Å².